The van der Waals surface area contributed by atoms with E-state index < -0.39 is 0 Å². The number of carbonyl (C=O) groups is 2. The fourth-order valence-electron chi connectivity index (χ4n) is 3.13. The monoisotopic (exact) mass is 351 g/mol. The average Bonchev–Trinajstić information content (AvgIpc) is 3.21. The largest absolute Gasteiger partial charge is 0.339 e. The number of hydrogen-bond acceptors (Lipinski definition) is 2. The van der Waals surface area contributed by atoms with Crippen LogP contribution in [0.15, 0.2) is 54.6 Å². The molecular formula is C21H25N3O2. The van der Waals surface area contributed by atoms with Gasteiger partial charge in [-0.1, -0.05) is 30.3 Å². The van der Waals surface area contributed by atoms with Gasteiger partial charge in [0, 0.05) is 37.4 Å². The molecule has 0 bridgehead atoms. The minimum absolute atomic E-state index is 0.0691. The molecule has 136 valence electrons. The fraction of sp³-hybridized carbons (Fsp3) is 0.333. The van der Waals surface area contributed by atoms with Gasteiger partial charge in [0.25, 0.3) is 5.91 Å². The van der Waals surface area contributed by atoms with E-state index in [1.54, 1.807) is 29.2 Å². The van der Waals surface area contributed by atoms with Crippen LogP contribution in [0.4, 0.5) is 10.5 Å². The fourth-order valence-corrected chi connectivity index (χ4v) is 3.13. The van der Waals surface area contributed by atoms with Crippen molar-refractivity contribution < 1.29 is 9.59 Å². The smallest absolute Gasteiger partial charge is 0.322 e. The first kappa shape index (κ1) is 18.0. The Hall–Kier alpha value is -2.82. The van der Waals surface area contributed by atoms with Crippen LogP contribution >= 0.6 is 0 Å². The molecule has 1 aliphatic heterocycles. The van der Waals surface area contributed by atoms with E-state index >= 15 is 0 Å². The lowest BCUT2D eigenvalue weighted by Crippen LogP contribution is -2.34. The zero-order valence-electron chi connectivity index (χ0n) is 15.1. The predicted octanol–water partition coefficient (Wildman–Crippen LogP) is 3.98. The summed E-state index contributed by atoms with van der Waals surface area (Å²) in [5, 5.41) is 2.91. The molecule has 0 unspecified atom stereocenters. The molecule has 3 rings (SSSR count). The van der Waals surface area contributed by atoms with E-state index in [0.29, 0.717) is 24.3 Å². The number of hydrogen-bond donors (Lipinski definition) is 1. The highest BCUT2D eigenvalue weighted by Gasteiger charge is 2.19. The molecule has 3 amide bonds. The first-order chi connectivity index (χ1) is 12.7. The predicted molar refractivity (Wildman–Crippen MR) is 103 cm³/mol. The molecule has 0 saturated carbocycles. The van der Waals surface area contributed by atoms with Gasteiger partial charge in [-0.3, -0.25) is 4.79 Å². The number of anilines is 1. The quantitative estimate of drug-likeness (QED) is 0.886. The number of benzene rings is 2. The number of rotatable bonds is 5. The van der Waals surface area contributed by atoms with E-state index in [0.717, 1.165) is 31.5 Å². The van der Waals surface area contributed by atoms with E-state index in [1.807, 2.05) is 42.2 Å². The molecule has 5 heteroatoms. The van der Waals surface area contributed by atoms with Crippen LogP contribution in [-0.4, -0.2) is 41.4 Å². The molecule has 0 aliphatic carbocycles. The third kappa shape index (κ3) is 4.42. The van der Waals surface area contributed by atoms with Gasteiger partial charge in [-0.2, -0.15) is 0 Å². The Morgan fingerprint density at radius 1 is 1.00 bits per heavy atom. The Morgan fingerprint density at radius 3 is 2.27 bits per heavy atom. The van der Waals surface area contributed by atoms with E-state index in [-0.39, 0.29) is 11.9 Å². The first-order valence-corrected chi connectivity index (χ1v) is 9.16. The van der Waals surface area contributed by atoms with Crippen molar-refractivity contribution in [2.45, 2.75) is 26.3 Å². The lowest BCUT2D eigenvalue weighted by atomic mass is 10.2. The summed E-state index contributed by atoms with van der Waals surface area (Å²) in [6, 6.07) is 16.9. The van der Waals surface area contributed by atoms with E-state index in [9.17, 15) is 9.59 Å². The van der Waals surface area contributed by atoms with Crippen molar-refractivity contribution in [3.8, 4) is 0 Å². The summed E-state index contributed by atoms with van der Waals surface area (Å²) in [6.45, 7) is 4.81. The van der Waals surface area contributed by atoms with E-state index in [4.69, 9.17) is 0 Å². The van der Waals surface area contributed by atoms with Crippen molar-refractivity contribution in [1.29, 1.82) is 0 Å². The minimum Gasteiger partial charge on any atom is -0.339 e. The van der Waals surface area contributed by atoms with Crippen molar-refractivity contribution in [2.24, 2.45) is 0 Å². The van der Waals surface area contributed by atoms with Crippen LogP contribution in [0.2, 0.25) is 0 Å². The number of urea groups is 1. The van der Waals surface area contributed by atoms with Crippen molar-refractivity contribution in [1.82, 2.24) is 9.80 Å². The van der Waals surface area contributed by atoms with Crippen LogP contribution in [-0.2, 0) is 6.54 Å². The van der Waals surface area contributed by atoms with Crippen LogP contribution in [0, 0.1) is 0 Å². The lowest BCUT2D eigenvalue weighted by molar-refractivity contribution is 0.0793. The first-order valence-electron chi connectivity index (χ1n) is 9.16. The number of likely N-dealkylation sites (tertiary alicyclic amines) is 1. The third-order valence-electron chi connectivity index (χ3n) is 4.66. The van der Waals surface area contributed by atoms with E-state index in [2.05, 4.69) is 5.32 Å². The third-order valence-corrected chi connectivity index (χ3v) is 4.66. The number of carbonyl (C=O) groups excluding carboxylic acids is 2. The molecule has 0 radical (unpaired) electrons. The minimum atomic E-state index is -0.144. The van der Waals surface area contributed by atoms with Crippen molar-refractivity contribution in [2.75, 3.05) is 25.0 Å². The molecule has 5 nitrogen and oxygen atoms in total. The Bertz CT molecular complexity index is 738. The molecule has 1 N–H and O–H groups in total. The SMILES string of the molecule is CCN(Cc1ccccc1)C(=O)Nc1ccc(C(=O)N2CCCC2)cc1. The van der Waals surface area contributed by atoms with Gasteiger partial charge in [-0.05, 0) is 49.6 Å². The van der Waals surface area contributed by atoms with Gasteiger partial charge in [0.05, 0.1) is 0 Å². The Kier molecular flexibility index (Phi) is 5.89. The van der Waals surface area contributed by atoms with Gasteiger partial charge in [-0.25, -0.2) is 4.79 Å². The molecule has 0 aromatic heterocycles. The van der Waals surface area contributed by atoms with Crippen LogP contribution in [0.25, 0.3) is 0 Å². The summed E-state index contributed by atoms with van der Waals surface area (Å²) in [7, 11) is 0. The maximum Gasteiger partial charge on any atom is 0.322 e. The van der Waals surface area contributed by atoms with Gasteiger partial charge in [0.1, 0.15) is 0 Å². The van der Waals surface area contributed by atoms with Crippen molar-refractivity contribution >= 4 is 17.6 Å². The highest BCUT2D eigenvalue weighted by Crippen LogP contribution is 2.16. The second-order valence-electron chi connectivity index (χ2n) is 6.51. The summed E-state index contributed by atoms with van der Waals surface area (Å²) in [4.78, 5) is 28.5. The zero-order valence-corrected chi connectivity index (χ0v) is 15.1. The molecule has 26 heavy (non-hydrogen) atoms. The Balaban J connectivity index is 1.60. The summed E-state index contributed by atoms with van der Waals surface area (Å²) < 4.78 is 0. The van der Waals surface area contributed by atoms with Gasteiger partial charge < -0.3 is 15.1 Å². The molecule has 1 heterocycles. The van der Waals surface area contributed by atoms with Crippen LogP contribution in [0.3, 0.4) is 0 Å². The van der Waals surface area contributed by atoms with Crippen LogP contribution in [0.1, 0.15) is 35.7 Å². The van der Waals surface area contributed by atoms with Crippen molar-refractivity contribution in [3.05, 3.63) is 65.7 Å². The second kappa shape index (κ2) is 8.52. The Labute approximate surface area is 154 Å². The average molecular weight is 351 g/mol. The Morgan fingerprint density at radius 2 is 1.65 bits per heavy atom. The number of amides is 3. The van der Waals surface area contributed by atoms with E-state index in [1.165, 1.54) is 0 Å². The summed E-state index contributed by atoms with van der Waals surface area (Å²) in [5.41, 5.74) is 2.46. The topological polar surface area (TPSA) is 52.7 Å². The summed E-state index contributed by atoms with van der Waals surface area (Å²) in [5.74, 6) is 0.0691. The number of nitrogens with zero attached hydrogens (tertiary/aromatic N) is 2. The van der Waals surface area contributed by atoms with Gasteiger partial charge in [0.15, 0.2) is 0 Å². The molecule has 0 atom stereocenters. The van der Waals surface area contributed by atoms with Crippen LogP contribution < -0.4 is 5.32 Å². The second-order valence-corrected chi connectivity index (χ2v) is 6.51. The van der Waals surface area contributed by atoms with Crippen LogP contribution in [0.5, 0.6) is 0 Å². The van der Waals surface area contributed by atoms with Gasteiger partial charge in [-0.15, -0.1) is 0 Å². The maximum atomic E-state index is 12.5. The molecule has 0 spiro atoms. The van der Waals surface area contributed by atoms with Gasteiger partial charge in [0.2, 0.25) is 0 Å². The molecular weight excluding hydrogens is 326 g/mol. The molecule has 2 aromatic carbocycles. The molecule has 1 saturated heterocycles. The maximum absolute atomic E-state index is 12.5. The summed E-state index contributed by atoms with van der Waals surface area (Å²) >= 11 is 0. The highest BCUT2D eigenvalue weighted by molar-refractivity contribution is 5.95. The molecule has 1 fully saturated rings. The lowest BCUT2D eigenvalue weighted by Gasteiger charge is -2.21. The zero-order chi connectivity index (χ0) is 18.4. The normalized spacial score (nSPS) is 13.5. The van der Waals surface area contributed by atoms with Gasteiger partial charge >= 0.3 is 6.03 Å². The van der Waals surface area contributed by atoms with Crippen molar-refractivity contribution in [3.63, 3.8) is 0 Å². The highest BCUT2D eigenvalue weighted by atomic mass is 16.2. The summed E-state index contributed by atoms with van der Waals surface area (Å²) in [6.07, 6.45) is 2.16. The molecule has 1 aliphatic rings. The molecule has 2 aromatic rings. The number of nitrogens with one attached hydrogen (secondary N) is 1. The standard InChI is InChI=1S/C21H25N3O2/c1-2-23(16-17-8-4-3-5-9-17)21(26)22-19-12-10-18(11-13-19)20(25)24-14-6-7-15-24/h3-5,8-13H,2,6-7,14-16H2,1H3,(H,22,26).